The summed E-state index contributed by atoms with van der Waals surface area (Å²) in [6, 6.07) is 5.14. The van der Waals surface area contributed by atoms with Crippen molar-refractivity contribution in [2.45, 2.75) is 70.9 Å². The third kappa shape index (κ3) is 8.42. The van der Waals surface area contributed by atoms with Crippen molar-refractivity contribution in [2.24, 2.45) is 7.05 Å². The Kier molecular flexibility index (Phi) is 10.5. The zero-order valence-electron chi connectivity index (χ0n) is 22.8. The van der Waals surface area contributed by atoms with Crippen LogP contribution >= 0.6 is 0 Å². The van der Waals surface area contributed by atoms with Gasteiger partial charge in [-0.05, 0) is 70.6 Å². The number of fused-ring (bicyclic) bond motifs is 1. The van der Waals surface area contributed by atoms with Crippen LogP contribution in [0.3, 0.4) is 0 Å². The first-order valence-electron chi connectivity index (χ1n) is 13.2. The van der Waals surface area contributed by atoms with Gasteiger partial charge in [0.05, 0.1) is 11.0 Å². The van der Waals surface area contributed by atoms with Gasteiger partial charge in [-0.3, -0.25) is 24.0 Å². The van der Waals surface area contributed by atoms with Gasteiger partial charge in [0.1, 0.15) is 11.6 Å². The lowest BCUT2D eigenvalue weighted by atomic mass is 10.1. The number of rotatable bonds is 13. The third-order valence-corrected chi connectivity index (χ3v) is 6.14. The number of imidazole rings is 1. The van der Waals surface area contributed by atoms with Crippen LogP contribution in [-0.2, 0) is 37.3 Å². The molecule has 3 rings (SSSR count). The number of hydrogen-bond donors (Lipinski definition) is 2. The number of ether oxygens (including phenoxy) is 3. The van der Waals surface area contributed by atoms with E-state index in [9.17, 15) is 19.2 Å². The number of hydrogen-bond acceptors (Lipinski definition) is 7. The molecule has 1 saturated heterocycles. The van der Waals surface area contributed by atoms with E-state index in [0.29, 0.717) is 51.3 Å². The number of aromatic nitrogens is 2. The molecule has 210 valence electrons. The van der Waals surface area contributed by atoms with Crippen LogP contribution in [0.4, 0.5) is 4.79 Å². The minimum absolute atomic E-state index is 0.219. The van der Waals surface area contributed by atoms with Gasteiger partial charge in [-0.15, -0.1) is 0 Å². The molecule has 0 radical (unpaired) electrons. The minimum atomic E-state index is -0.680. The summed E-state index contributed by atoms with van der Waals surface area (Å²) in [4.78, 5) is 48.2. The maximum Gasteiger partial charge on any atom is 0.407 e. The van der Waals surface area contributed by atoms with E-state index in [-0.39, 0.29) is 18.0 Å². The summed E-state index contributed by atoms with van der Waals surface area (Å²) in [5.41, 5.74) is 1.77. The van der Waals surface area contributed by atoms with Crippen molar-refractivity contribution in [3.05, 3.63) is 34.2 Å². The highest BCUT2D eigenvalue weighted by Gasteiger charge is 2.31. The number of imide groups is 1. The van der Waals surface area contributed by atoms with Crippen molar-refractivity contribution in [3.63, 3.8) is 0 Å². The predicted octanol–water partition coefficient (Wildman–Crippen LogP) is 2.59. The first-order chi connectivity index (χ1) is 18.1. The zero-order chi connectivity index (χ0) is 27.7. The highest BCUT2D eigenvalue weighted by molar-refractivity contribution is 6.00. The Morgan fingerprint density at radius 2 is 1.71 bits per heavy atom. The molecule has 2 aromatic rings. The lowest BCUT2D eigenvalue weighted by Gasteiger charge is -2.21. The van der Waals surface area contributed by atoms with Crippen molar-refractivity contribution in [1.29, 1.82) is 0 Å². The Morgan fingerprint density at radius 1 is 1.03 bits per heavy atom. The van der Waals surface area contributed by atoms with Crippen LogP contribution in [0.2, 0.25) is 0 Å². The van der Waals surface area contributed by atoms with Crippen LogP contribution in [0.1, 0.15) is 64.5 Å². The summed E-state index contributed by atoms with van der Waals surface area (Å²) < 4.78 is 19.5. The first-order valence-corrected chi connectivity index (χ1v) is 13.2. The van der Waals surface area contributed by atoms with E-state index in [1.807, 2.05) is 39.0 Å². The second-order valence-electron chi connectivity index (χ2n) is 10.5. The van der Waals surface area contributed by atoms with Crippen LogP contribution < -0.4 is 16.3 Å². The Labute approximate surface area is 222 Å². The fourth-order valence-electron chi connectivity index (χ4n) is 4.32. The van der Waals surface area contributed by atoms with Gasteiger partial charge in [-0.25, -0.2) is 9.59 Å². The van der Waals surface area contributed by atoms with E-state index in [4.69, 9.17) is 14.2 Å². The van der Waals surface area contributed by atoms with Gasteiger partial charge in [-0.1, -0.05) is 6.07 Å². The molecule has 1 aliphatic heterocycles. The summed E-state index contributed by atoms with van der Waals surface area (Å²) in [6.07, 6.45) is 3.27. The average Bonchev–Trinajstić information content (AvgIpc) is 3.08. The number of carbonyl (C=O) groups excluding carboxylic acids is 3. The van der Waals surface area contributed by atoms with Gasteiger partial charge in [0, 0.05) is 46.4 Å². The molecule has 1 aromatic carbocycles. The van der Waals surface area contributed by atoms with Crippen molar-refractivity contribution in [2.75, 3.05) is 33.0 Å². The lowest BCUT2D eigenvalue weighted by Crippen LogP contribution is -2.44. The molecule has 1 fully saturated rings. The molecule has 1 unspecified atom stereocenters. The molecule has 11 heteroatoms. The highest BCUT2D eigenvalue weighted by atomic mass is 16.6. The smallest absolute Gasteiger partial charge is 0.407 e. The Hall–Kier alpha value is -3.18. The molecule has 11 nitrogen and oxygen atoms in total. The quantitative estimate of drug-likeness (QED) is 0.300. The second-order valence-corrected chi connectivity index (χ2v) is 10.5. The fraction of sp³-hybridized carbons (Fsp3) is 0.630. The number of amides is 3. The van der Waals surface area contributed by atoms with Gasteiger partial charge in [0.2, 0.25) is 11.8 Å². The highest BCUT2D eigenvalue weighted by Crippen LogP contribution is 2.24. The predicted molar refractivity (Wildman–Crippen MR) is 142 cm³/mol. The summed E-state index contributed by atoms with van der Waals surface area (Å²) in [5.74, 6) is -0.737. The van der Waals surface area contributed by atoms with Crippen LogP contribution in [0.25, 0.3) is 11.0 Å². The zero-order valence-corrected chi connectivity index (χ0v) is 22.8. The van der Waals surface area contributed by atoms with Crippen molar-refractivity contribution in [1.82, 2.24) is 19.8 Å². The number of nitrogens with zero attached hydrogens (tertiary/aromatic N) is 2. The molecule has 1 aliphatic rings. The first kappa shape index (κ1) is 29.4. The minimum Gasteiger partial charge on any atom is -0.444 e. The summed E-state index contributed by atoms with van der Waals surface area (Å²) in [7, 11) is 1.69. The van der Waals surface area contributed by atoms with E-state index in [1.54, 1.807) is 11.6 Å². The number of alkyl carbamates (subject to hydrolysis) is 1. The van der Waals surface area contributed by atoms with Crippen LogP contribution in [-0.4, -0.2) is 65.6 Å². The second kappa shape index (κ2) is 13.6. The summed E-state index contributed by atoms with van der Waals surface area (Å²) in [5, 5.41) is 5.03. The molecular formula is C27H40N4O7. The van der Waals surface area contributed by atoms with Gasteiger partial charge in [0.25, 0.3) is 0 Å². The number of piperidine rings is 1. The molecule has 0 bridgehead atoms. The largest absolute Gasteiger partial charge is 0.444 e. The standard InChI is InChI=1S/C27H40N4O7/c1-27(2,3)38-25(34)28-13-6-15-37-17-7-16-36-14-5-8-19-9-10-20-22(18-19)30(4)26(35)31(20)21-11-12-23(32)29-24(21)33/h9-10,18,21H,5-8,11-17H2,1-4H3,(H,28,34)(H,29,32,33). The normalized spacial score (nSPS) is 16.1. The number of benzene rings is 1. The topological polar surface area (TPSA) is 130 Å². The van der Waals surface area contributed by atoms with Gasteiger partial charge in [0.15, 0.2) is 0 Å². The molecule has 2 N–H and O–H groups in total. The Bertz CT molecular complexity index is 1180. The molecule has 0 spiro atoms. The molecule has 2 heterocycles. The summed E-state index contributed by atoms with van der Waals surface area (Å²) in [6.45, 7) is 8.37. The molecular weight excluding hydrogens is 492 g/mol. The van der Waals surface area contributed by atoms with Crippen LogP contribution in [0, 0.1) is 0 Å². The van der Waals surface area contributed by atoms with Gasteiger partial charge >= 0.3 is 11.8 Å². The fourth-order valence-corrected chi connectivity index (χ4v) is 4.32. The molecule has 38 heavy (non-hydrogen) atoms. The molecule has 3 amide bonds. The molecule has 1 aromatic heterocycles. The van der Waals surface area contributed by atoms with Gasteiger partial charge < -0.3 is 19.5 Å². The van der Waals surface area contributed by atoms with E-state index in [0.717, 1.165) is 30.3 Å². The van der Waals surface area contributed by atoms with E-state index in [1.165, 1.54) is 4.57 Å². The van der Waals surface area contributed by atoms with E-state index in [2.05, 4.69) is 10.6 Å². The van der Waals surface area contributed by atoms with Crippen molar-refractivity contribution >= 4 is 28.9 Å². The summed E-state index contributed by atoms with van der Waals surface area (Å²) >= 11 is 0. The Morgan fingerprint density at radius 3 is 2.39 bits per heavy atom. The van der Waals surface area contributed by atoms with E-state index < -0.39 is 23.6 Å². The molecule has 0 saturated carbocycles. The van der Waals surface area contributed by atoms with Crippen molar-refractivity contribution < 1.29 is 28.6 Å². The van der Waals surface area contributed by atoms with Crippen molar-refractivity contribution in [3.8, 4) is 0 Å². The monoisotopic (exact) mass is 532 g/mol. The maximum absolute atomic E-state index is 12.9. The maximum atomic E-state index is 12.9. The van der Waals surface area contributed by atoms with Gasteiger partial charge in [-0.2, -0.15) is 0 Å². The van der Waals surface area contributed by atoms with E-state index >= 15 is 0 Å². The number of nitrogens with one attached hydrogen (secondary N) is 2. The number of carbonyl (C=O) groups is 3. The van der Waals surface area contributed by atoms with Crippen LogP contribution in [0.5, 0.6) is 0 Å². The molecule has 1 atom stereocenters. The SMILES string of the molecule is Cn1c(=O)n(C2CCC(=O)NC2=O)c2ccc(CCCOCCCOCCCNC(=O)OC(C)(C)C)cc21. The lowest BCUT2D eigenvalue weighted by molar-refractivity contribution is -0.135. The Balaban J connectivity index is 1.32. The average molecular weight is 533 g/mol. The number of aryl methyl sites for hydroxylation is 2. The molecule has 0 aliphatic carbocycles. The third-order valence-electron chi connectivity index (χ3n) is 6.14. The van der Waals surface area contributed by atoms with Crippen LogP contribution in [0.15, 0.2) is 23.0 Å².